The molecule has 4 nitrogen and oxygen atoms in total. The summed E-state index contributed by atoms with van der Waals surface area (Å²) < 4.78 is 0. The van der Waals surface area contributed by atoms with Gasteiger partial charge in [0.05, 0.1) is 6.54 Å². The van der Waals surface area contributed by atoms with Crippen molar-refractivity contribution in [2.75, 3.05) is 6.54 Å². The molecule has 0 saturated carbocycles. The first-order chi connectivity index (χ1) is 4.81. The number of hydrogen-bond donors (Lipinski definition) is 3. The van der Waals surface area contributed by atoms with Gasteiger partial charge in [0.1, 0.15) is 0 Å². The van der Waals surface area contributed by atoms with Crippen LogP contribution in [0.5, 0.6) is 0 Å². The van der Waals surface area contributed by atoms with Gasteiger partial charge < -0.3 is 5.73 Å². The molecule has 0 unspecified atom stereocenters. The highest BCUT2D eigenvalue weighted by atomic mass is 15.3. The SMILES string of the molecule is CC/C=C/CN=C(N)NN. The molecule has 5 N–H and O–H groups in total. The van der Waals surface area contributed by atoms with E-state index in [0.29, 0.717) is 6.54 Å². The maximum Gasteiger partial charge on any atom is 0.203 e. The first-order valence-electron chi connectivity index (χ1n) is 3.22. The number of guanidine groups is 1. The van der Waals surface area contributed by atoms with E-state index in [0.717, 1.165) is 6.42 Å². The fourth-order valence-corrected chi connectivity index (χ4v) is 0.438. The Balaban J connectivity index is 3.42. The molecule has 0 aromatic heterocycles. The van der Waals surface area contributed by atoms with E-state index in [1.807, 2.05) is 12.2 Å². The van der Waals surface area contributed by atoms with E-state index in [1.165, 1.54) is 0 Å². The molecule has 0 aliphatic carbocycles. The van der Waals surface area contributed by atoms with Gasteiger partial charge in [-0.25, -0.2) is 10.8 Å². The van der Waals surface area contributed by atoms with Crippen LogP contribution in [0.15, 0.2) is 17.1 Å². The van der Waals surface area contributed by atoms with E-state index in [-0.39, 0.29) is 5.96 Å². The smallest absolute Gasteiger partial charge is 0.203 e. The Morgan fingerprint density at radius 2 is 2.30 bits per heavy atom. The van der Waals surface area contributed by atoms with Crippen molar-refractivity contribution in [2.45, 2.75) is 13.3 Å². The summed E-state index contributed by atoms with van der Waals surface area (Å²) in [6.07, 6.45) is 4.98. The van der Waals surface area contributed by atoms with Crippen LogP contribution in [0.25, 0.3) is 0 Å². The highest BCUT2D eigenvalue weighted by Gasteiger charge is 1.79. The van der Waals surface area contributed by atoms with Gasteiger partial charge in [0, 0.05) is 0 Å². The molecule has 0 spiro atoms. The number of nitrogens with one attached hydrogen (secondary N) is 1. The van der Waals surface area contributed by atoms with Gasteiger partial charge in [-0.1, -0.05) is 19.1 Å². The summed E-state index contributed by atoms with van der Waals surface area (Å²) in [5.41, 5.74) is 7.47. The van der Waals surface area contributed by atoms with E-state index in [9.17, 15) is 0 Å². The summed E-state index contributed by atoms with van der Waals surface area (Å²) in [7, 11) is 0. The number of nitrogens with zero attached hydrogens (tertiary/aromatic N) is 1. The van der Waals surface area contributed by atoms with Gasteiger partial charge in [0.2, 0.25) is 5.96 Å². The van der Waals surface area contributed by atoms with Crippen molar-refractivity contribution in [3.63, 3.8) is 0 Å². The van der Waals surface area contributed by atoms with Gasteiger partial charge in [-0.3, -0.25) is 5.43 Å². The molecule has 0 bridgehead atoms. The first-order valence-corrected chi connectivity index (χ1v) is 3.22. The minimum absolute atomic E-state index is 0.265. The normalized spacial score (nSPS) is 12.4. The van der Waals surface area contributed by atoms with Crippen LogP contribution in [0.2, 0.25) is 0 Å². The Labute approximate surface area is 61.0 Å². The monoisotopic (exact) mass is 142 g/mol. The molecule has 0 rings (SSSR count). The van der Waals surface area contributed by atoms with Crippen molar-refractivity contribution < 1.29 is 0 Å². The third kappa shape index (κ3) is 5.11. The van der Waals surface area contributed by atoms with E-state index < -0.39 is 0 Å². The Kier molecular flexibility index (Phi) is 5.47. The van der Waals surface area contributed by atoms with Crippen molar-refractivity contribution in [1.29, 1.82) is 0 Å². The standard InChI is InChI=1S/C6H14N4/c1-2-3-4-5-9-6(7)10-8/h3-4H,2,5,8H2,1H3,(H3,7,9,10)/b4-3+. The number of hydrazine groups is 1. The van der Waals surface area contributed by atoms with Gasteiger partial charge in [0.25, 0.3) is 0 Å². The van der Waals surface area contributed by atoms with Gasteiger partial charge in [0.15, 0.2) is 0 Å². The zero-order chi connectivity index (χ0) is 7.82. The minimum atomic E-state index is 0.265. The number of nitrogens with two attached hydrogens (primary N) is 2. The van der Waals surface area contributed by atoms with Gasteiger partial charge in [-0.05, 0) is 6.42 Å². The van der Waals surface area contributed by atoms with Crippen LogP contribution in [-0.2, 0) is 0 Å². The fraction of sp³-hybridized carbons (Fsp3) is 0.500. The van der Waals surface area contributed by atoms with Gasteiger partial charge in [-0.15, -0.1) is 0 Å². The Hall–Kier alpha value is -1.03. The fourth-order valence-electron chi connectivity index (χ4n) is 0.438. The molecule has 0 aromatic carbocycles. The van der Waals surface area contributed by atoms with E-state index in [4.69, 9.17) is 11.6 Å². The average molecular weight is 142 g/mol. The molecule has 0 aromatic rings. The summed E-state index contributed by atoms with van der Waals surface area (Å²) >= 11 is 0. The van der Waals surface area contributed by atoms with Gasteiger partial charge >= 0.3 is 0 Å². The Morgan fingerprint density at radius 3 is 2.80 bits per heavy atom. The molecule has 4 heteroatoms. The van der Waals surface area contributed by atoms with Crippen molar-refractivity contribution in [3.8, 4) is 0 Å². The lowest BCUT2D eigenvalue weighted by molar-refractivity contribution is 0.988. The third-order valence-corrected chi connectivity index (χ3v) is 0.917. The number of aliphatic imine (C=N–C) groups is 1. The Morgan fingerprint density at radius 1 is 1.60 bits per heavy atom. The predicted octanol–water partition coefficient (Wildman–Crippen LogP) is -0.269. The van der Waals surface area contributed by atoms with Crippen LogP contribution in [-0.4, -0.2) is 12.5 Å². The molecule has 0 amide bonds. The summed E-state index contributed by atoms with van der Waals surface area (Å²) in [6.45, 7) is 2.65. The van der Waals surface area contributed by atoms with Crippen LogP contribution in [0.4, 0.5) is 0 Å². The number of allylic oxidation sites excluding steroid dienone is 1. The molecule has 0 aliphatic heterocycles. The molecule has 0 radical (unpaired) electrons. The third-order valence-electron chi connectivity index (χ3n) is 0.917. The maximum absolute atomic E-state index is 5.24. The minimum Gasteiger partial charge on any atom is -0.369 e. The summed E-state index contributed by atoms with van der Waals surface area (Å²) in [4.78, 5) is 3.85. The number of hydrogen-bond acceptors (Lipinski definition) is 2. The lowest BCUT2D eigenvalue weighted by atomic mass is 10.4. The largest absolute Gasteiger partial charge is 0.369 e. The molecule has 0 atom stereocenters. The molecular weight excluding hydrogens is 128 g/mol. The van der Waals surface area contributed by atoms with Crippen molar-refractivity contribution >= 4 is 5.96 Å². The second-order valence-corrected chi connectivity index (χ2v) is 1.75. The lowest BCUT2D eigenvalue weighted by Crippen LogP contribution is -2.37. The Bertz CT molecular complexity index is 128. The summed E-state index contributed by atoms with van der Waals surface area (Å²) in [5, 5.41) is 0. The first kappa shape index (κ1) is 8.97. The molecule has 0 heterocycles. The molecule has 10 heavy (non-hydrogen) atoms. The zero-order valence-electron chi connectivity index (χ0n) is 6.17. The van der Waals surface area contributed by atoms with E-state index in [2.05, 4.69) is 17.3 Å². The van der Waals surface area contributed by atoms with Crippen molar-refractivity contribution in [2.24, 2.45) is 16.6 Å². The second kappa shape index (κ2) is 6.10. The summed E-state index contributed by atoms with van der Waals surface area (Å²) in [6, 6.07) is 0. The molecular formula is C6H14N4. The van der Waals surface area contributed by atoms with E-state index >= 15 is 0 Å². The van der Waals surface area contributed by atoms with Crippen LogP contribution >= 0.6 is 0 Å². The molecule has 0 saturated heterocycles. The van der Waals surface area contributed by atoms with Gasteiger partial charge in [-0.2, -0.15) is 0 Å². The topological polar surface area (TPSA) is 76.4 Å². The highest BCUT2D eigenvalue weighted by molar-refractivity contribution is 5.77. The molecule has 0 aliphatic rings. The van der Waals surface area contributed by atoms with Crippen molar-refractivity contribution in [1.82, 2.24) is 5.43 Å². The molecule has 0 fully saturated rings. The van der Waals surface area contributed by atoms with Crippen molar-refractivity contribution in [3.05, 3.63) is 12.2 Å². The van der Waals surface area contributed by atoms with Crippen LogP contribution in [0, 0.1) is 0 Å². The van der Waals surface area contributed by atoms with Crippen LogP contribution in [0.1, 0.15) is 13.3 Å². The summed E-state index contributed by atoms with van der Waals surface area (Å²) in [5.74, 6) is 5.22. The zero-order valence-corrected chi connectivity index (χ0v) is 6.17. The number of rotatable bonds is 3. The van der Waals surface area contributed by atoms with E-state index in [1.54, 1.807) is 0 Å². The molecule has 58 valence electrons. The highest BCUT2D eigenvalue weighted by Crippen LogP contribution is 1.79. The lowest BCUT2D eigenvalue weighted by Gasteiger charge is -1.93. The van der Waals surface area contributed by atoms with Crippen LogP contribution < -0.4 is 17.0 Å². The average Bonchev–Trinajstić information content (AvgIpc) is 1.98. The van der Waals surface area contributed by atoms with Crippen LogP contribution in [0.3, 0.4) is 0 Å². The second-order valence-electron chi connectivity index (χ2n) is 1.75. The predicted molar refractivity (Wildman–Crippen MR) is 43.2 cm³/mol. The maximum atomic E-state index is 5.24. The quantitative estimate of drug-likeness (QED) is 0.167.